The predicted octanol–water partition coefficient (Wildman–Crippen LogP) is -0.817. The van der Waals surface area contributed by atoms with Gasteiger partial charge in [0.25, 0.3) is 0 Å². The van der Waals surface area contributed by atoms with Crippen LogP contribution in [-0.2, 0) is 24.0 Å². The van der Waals surface area contributed by atoms with Crippen LogP contribution in [0, 0.1) is 11.8 Å². The summed E-state index contributed by atoms with van der Waals surface area (Å²) in [5, 5.41) is 16.7. The summed E-state index contributed by atoms with van der Waals surface area (Å²) in [5.41, 5.74) is 11.1. The molecule has 0 spiro atoms. The van der Waals surface area contributed by atoms with Crippen molar-refractivity contribution in [3.63, 3.8) is 0 Å². The Morgan fingerprint density at radius 3 is 1.94 bits per heavy atom. The molecule has 12 heteroatoms. The number of nitrogens with one attached hydrogen (secondary N) is 3. The van der Waals surface area contributed by atoms with Crippen LogP contribution in [0.25, 0.3) is 0 Å². The van der Waals surface area contributed by atoms with Crippen LogP contribution in [-0.4, -0.2) is 70.9 Å². The molecule has 0 saturated carbocycles. The Hall–Kier alpha value is -2.34. The van der Waals surface area contributed by atoms with E-state index in [4.69, 9.17) is 11.5 Å². The molecule has 0 radical (unpaired) electrons. The van der Waals surface area contributed by atoms with Crippen LogP contribution in [0.1, 0.15) is 47.0 Å². The van der Waals surface area contributed by atoms with Gasteiger partial charge in [-0.15, -0.1) is 0 Å². The van der Waals surface area contributed by atoms with E-state index >= 15 is 0 Å². The number of primary amides is 1. The number of carbonyl (C=O) groups excluding carboxylic acids is 4. The maximum atomic E-state index is 12.8. The average Bonchev–Trinajstić information content (AvgIpc) is 2.71. The predicted molar refractivity (Wildman–Crippen MR) is 123 cm³/mol. The minimum atomic E-state index is -1.39. The minimum Gasteiger partial charge on any atom is -0.480 e. The van der Waals surface area contributed by atoms with Crippen molar-refractivity contribution in [1.82, 2.24) is 16.0 Å². The summed E-state index contributed by atoms with van der Waals surface area (Å²) in [6.07, 6.45) is 2.27. The van der Waals surface area contributed by atoms with Gasteiger partial charge in [0.15, 0.2) is 0 Å². The Kier molecular flexibility index (Phi) is 13.6. The van der Waals surface area contributed by atoms with Gasteiger partial charge in [0.05, 0.1) is 12.5 Å². The van der Waals surface area contributed by atoms with E-state index in [1.165, 1.54) is 11.8 Å². The van der Waals surface area contributed by atoms with E-state index < -0.39 is 60.2 Å². The van der Waals surface area contributed by atoms with Crippen molar-refractivity contribution >= 4 is 41.4 Å². The molecule has 11 nitrogen and oxygen atoms in total. The number of hydrogen-bond acceptors (Lipinski definition) is 7. The van der Waals surface area contributed by atoms with Crippen LogP contribution in [0.4, 0.5) is 0 Å². The summed E-state index contributed by atoms with van der Waals surface area (Å²) in [6.45, 7) is 6.83. The molecule has 0 heterocycles. The number of amides is 4. The number of nitrogens with two attached hydrogens (primary N) is 2. The first kappa shape index (κ1) is 29.7. The molecule has 0 aromatic rings. The third-order valence-corrected chi connectivity index (χ3v) is 5.68. The molecule has 5 atom stereocenters. The fourth-order valence-corrected chi connectivity index (χ4v) is 3.27. The zero-order valence-corrected chi connectivity index (χ0v) is 20.2. The van der Waals surface area contributed by atoms with Gasteiger partial charge in [-0.25, -0.2) is 4.79 Å². The summed E-state index contributed by atoms with van der Waals surface area (Å²) in [7, 11) is 0. The van der Waals surface area contributed by atoms with Crippen LogP contribution < -0.4 is 27.4 Å². The second kappa shape index (κ2) is 14.7. The molecule has 0 aliphatic rings. The topological polar surface area (TPSA) is 194 Å². The smallest absolute Gasteiger partial charge is 0.326 e. The minimum absolute atomic E-state index is 0.351. The van der Waals surface area contributed by atoms with Gasteiger partial charge in [-0.1, -0.05) is 34.1 Å². The van der Waals surface area contributed by atoms with Gasteiger partial charge in [-0.05, 0) is 30.3 Å². The van der Waals surface area contributed by atoms with E-state index in [9.17, 15) is 29.1 Å². The fourth-order valence-electron chi connectivity index (χ4n) is 2.78. The Morgan fingerprint density at radius 1 is 0.938 bits per heavy atom. The standard InChI is InChI=1S/C20H37N5O6S/c1-6-11(4)16(20(30)31)25-18(28)13(9-14(22)26)23-19(29)15(10(2)3)24-17(27)12(21)7-8-32-5/h10-13,15-16H,6-9,21H2,1-5H3,(H2,22,26)(H,23,29)(H,24,27)(H,25,28)(H,30,31). The molecule has 5 unspecified atom stereocenters. The molecule has 0 fully saturated rings. The van der Waals surface area contributed by atoms with Crippen LogP contribution >= 0.6 is 11.8 Å². The molecular formula is C20H37N5O6S. The van der Waals surface area contributed by atoms with E-state index in [0.29, 0.717) is 18.6 Å². The summed E-state index contributed by atoms with van der Waals surface area (Å²) < 4.78 is 0. The molecule has 32 heavy (non-hydrogen) atoms. The molecule has 0 aliphatic carbocycles. The summed E-state index contributed by atoms with van der Waals surface area (Å²) in [6, 6.07) is -4.41. The second-order valence-electron chi connectivity index (χ2n) is 8.06. The van der Waals surface area contributed by atoms with E-state index in [1.807, 2.05) is 6.26 Å². The number of carboxylic acid groups (broad SMARTS) is 1. The second-order valence-corrected chi connectivity index (χ2v) is 9.05. The normalized spacial score (nSPS) is 15.7. The number of rotatable bonds is 15. The SMILES string of the molecule is CCC(C)C(NC(=O)C(CC(N)=O)NC(=O)C(NC(=O)C(N)CCSC)C(C)C)C(=O)O. The molecule has 8 N–H and O–H groups in total. The number of hydrogen-bond donors (Lipinski definition) is 6. The zero-order valence-electron chi connectivity index (χ0n) is 19.3. The lowest BCUT2D eigenvalue weighted by molar-refractivity contribution is -0.144. The maximum Gasteiger partial charge on any atom is 0.326 e. The largest absolute Gasteiger partial charge is 0.480 e. The number of aliphatic carboxylic acids is 1. The third kappa shape index (κ3) is 10.3. The van der Waals surface area contributed by atoms with Crippen molar-refractivity contribution < 1.29 is 29.1 Å². The van der Waals surface area contributed by atoms with Crippen molar-refractivity contribution in [3.05, 3.63) is 0 Å². The molecule has 0 aliphatic heterocycles. The Bertz CT molecular complexity index is 675. The molecule has 0 bridgehead atoms. The van der Waals surface area contributed by atoms with Crippen LogP contribution in [0.15, 0.2) is 0 Å². The van der Waals surface area contributed by atoms with Crippen molar-refractivity contribution in [3.8, 4) is 0 Å². The lowest BCUT2D eigenvalue weighted by atomic mass is 9.98. The highest BCUT2D eigenvalue weighted by Gasteiger charge is 2.33. The number of carbonyl (C=O) groups is 5. The Morgan fingerprint density at radius 2 is 1.50 bits per heavy atom. The van der Waals surface area contributed by atoms with E-state index in [1.54, 1.807) is 27.7 Å². The molecule has 0 saturated heterocycles. The Labute approximate surface area is 193 Å². The van der Waals surface area contributed by atoms with Gasteiger partial charge < -0.3 is 32.5 Å². The first-order valence-electron chi connectivity index (χ1n) is 10.5. The van der Waals surface area contributed by atoms with Crippen molar-refractivity contribution in [2.75, 3.05) is 12.0 Å². The van der Waals surface area contributed by atoms with Gasteiger partial charge >= 0.3 is 5.97 Å². The van der Waals surface area contributed by atoms with Gasteiger partial charge in [0, 0.05) is 0 Å². The van der Waals surface area contributed by atoms with Crippen LogP contribution in [0.3, 0.4) is 0 Å². The van der Waals surface area contributed by atoms with Crippen LogP contribution in [0.5, 0.6) is 0 Å². The summed E-state index contributed by atoms with van der Waals surface area (Å²) >= 11 is 1.54. The quantitative estimate of drug-likeness (QED) is 0.177. The highest BCUT2D eigenvalue weighted by Crippen LogP contribution is 2.10. The molecule has 0 rings (SSSR count). The van der Waals surface area contributed by atoms with Gasteiger partial charge in [0.2, 0.25) is 23.6 Å². The van der Waals surface area contributed by atoms with Crippen molar-refractivity contribution in [2.24, 2.45) is 23.3 Å². The highest BCUT2D eigenvalue weighted by molar-refractivity contribution is 7.98. The molecule has 0 aromatic carbocycles. The number of thioether (sulfide) groups is 1. The summed E-state index contributed by atoms with van der Waals surface area (Å²) in [5.74, 6) is -4.21. The fraction of sp³-hybridized carbons (Fsp3) is 0.750. The lowest BCUT2D eigenvalue weighted by Gasteiger charge is -2.27. The van der Waals surface area contributed by atoms with Gasteiger partial charge in [0.1, 0.15) is 18.1 Å². The van der Waals surface area contributed by atoms with Gasteiger partial charge in [-0.2, -0.15) is 11.8 Å². The van der Waals surface area contributed by atoms with Gasteiger partial charge in [-0.3, -0.25) is 19.2 Å². The summed E-state index contributed by atoms with van der Waals surface area (Å²) in [4.78, 5) is 60.8. The Balaban J connectivity index is 5.45. The molecule has 184 valence electrons. The monoisotopic (exact) mass is 475 g/mol. The van der Waals surface area contributed by atoms with Crippen molar-refractivity contribution in [1.29, 1.82) is 0 Å². The highest BCUT2D eigenvalue weighted by atomic mass is 32.2. The maximum absolute atomic E-state index is 12.8. The molecule has 4 amide bonds. The molecule has 0 aromatic heterocycles. The first-order valence-corrected chi connectivity index (χ1v) is 11.9. The number of carboxylic acids is 1. The van der Waals surface area contributed by atoms with E-state index in [0.717, 1.165) is 0 Å². The lowest BCUT2D eigenvalue weighted by Crippen LogP contribution is -2.59. The zero-order chi connectivity index (χ0) is 25.0. The average molecular weight is 476 g/mol. The van der Waals surface area contributed by atoms with E-state index in [2.05, 4.69) is 16.0 Å². The van der Waals surface area contributed by atoms with Crippen molar-refractivity contribution in [2.45, 2.75) is 71.1 Å². The first-order chi connectivity index (χ1) is 14.8. The van der Waals surface area contributed by atoms with Crippen LogP contribution in [0.2, 0.25) is 0 Å². The molecular weight excluding hydrogens is 438 g/mol. The van der Waals surface area contributed by atoms with E-state index in [-0.39, 0.29) is 11.8 Å². The third-order valence-electron chi connectivity index (χ3n) is 5.03.